The quantitative estimate of drug-likeness (QED) is 0.789. The number of nitrogens with zero attached hydrogens (tertiary/aromatic N) is 2. The molecule has 0 spiro atoms. The highest BCUT2D eigenvalue weighted by atomic mass is 35.5. The minimum Gasteiger partial charge on any atom is -0.364 e. The van der Waals surface area contributed by atoms with Crippen LogP contribution in [-0.4, -0.2) is 26.3 Å². The fraction of sp³-hybridized carbons (Fsp3) is 0.750. The van der Waals surface area contributed by atoms with Gasteiger partial charge in [0.1, 0.15) is 0 Å². The van der Waals surface area contributed by atoms with Crippen molar-refractivity contribution in [2.75, 3.05) is 16.8 Å². The predicted octanol–water partition coefficient (Wildman–Crippen LogP) is 3.14. The Bertz CT molecular complexity index is 267. The van der Waals surface area contributed by atoms with E-state index in [0.717, 1.165) is 18.1 Å². The van der Waals surface area contributed by atoms with Crippen molar-refractivity contribution in [1.82, 2.24) is 8.75 Å². The van der Waals surface area contributed by atoms with Gasteiger partial charge < -0.3 is 5.32 Å². The van der Waals surface area contributed by atoms with E-state index in [2.05, 4.69) is 27.9 Å². The van der Waals surface area contributed by atoms with E-state index in [0.29, 0.717) is 17.0 Å². The zero-order chi connectivity index (χ0) is 10.4. The average Bonchev–Trinajstić information content (AvgIpc) is 2.52. The molecule has 1 rings (SSSR count). The fourth-order valence-corrected chi connectivity index (χ4v) is 2.44. The van der Waals surface area contributed by atoms with Gasteiger partial charge in [0.25, 0.3) is 0 Å². The summed E-state index contributed by atoms with van der Waals surface area (Å²) < 4.78 is 7.96. The molecule has 80 valence electrons. The molecule has 0 radical (unpaired) electrons. The molecule has 0 aliphatic rings. The molecule has 0 saturated carbocycles. The molecule has 1 unspecified atom stereocenters. The van der Waals surface area contributed by atoms with E-state index in [-0.39, 0.29) is 0 Å². The lowest BCUT2D eigenvalue weighted by atomic mass is 10.2. The molecule has 0 aliphatic heterocycles. The first-order valence-corrected chi connectivity index (χ1v) is 6.82. The number of thioether (sulfide) groups is 1. The Labute approximate surface area is 98.0 Å². The lowest BCUT2D eigenvalue weighted by Crippen LogP contribution is -2.16. The van der Waals surface area contributed by atoms with Crippen LogP contribution in [0.3, 0.4) is 0 Å². The molecular formula is C8H14ClN3S2. The maximum atomic E-state index is 5.81. The molecule has 1 aromatic heterocycles. The minimum absolute atomic E-state index is 0.399. The first-order chi connectivity index (χ1) is 6.74. The summed E-state index contributed by atoms with van der Waals surface area (Å²) >= 11 is 8.90. The van der Waals surface area contributed by atoms with Crippen molar-refractivity contribution in [2.24, 2.45) is 0 Å². The van der Waals surface area contributed by atoms with E-state index in [1.807, 2.05) is 11.8 Å². The molecule has 1 N–H and O–H groups in total. The molecule has 1 heterocycles. The highest BCUT2D eigenvalue weighted by molar-refractivity contribution is 7.99. The van der Waals surface area contributed by atoms with Crippen molar-refractivity contribution < 1.29 is 0 Å². The Morgan fingerprint density at radius 3 is 2.93 bits per heavy atom. The first-order valence-electron chi connectivity index (χ1n) is 4.56. The van der Waals surface area contributed by atoms with E-state index in [1.54, 1.807) is 0 Å². The van der Waals surface area contributed by atoms with Crippen molar-refractivity contribution in [3.05, 3.63) is 5.15 Å². The fourth-order valence-electron chi connectivity index (χ4n) is 0.974. The number of hydrogen-bond donors (Lipinski definition) is 1. The summed E-state index contributed by atoms with van der Waals surface area (Å²) in [7, 11) is 0. The van der Waals surface area contributed by atoms with Crippen LogP contribution in [0.15, 0.2) is 0 Å². The molecule has 6 heteroatoms. The van der Waals surface area contributed by atoms with Crippen LogP contribution >= 0.6 is 35.1 Å². The molecule has 0 bridgehead atoms. The van der Waals surface area contributed by atoms with E-state index >= 15 is 0 Å². The molecule has 3 nitrogen and oxygen atoms in total. The van der Waals surface area contributed by atoms with Gasteiger partial charge in [0.2, 0.25) is 0 Å². The second-order valence-electron chi connectivity index (χ2n) is 2.93. The molecule has 14 heavy (non-hydrogen) atoms. The molecule has 0 amide bonds. The summed E-state index contributed by atoms with van der Waals surface area (Å²) in [4.78, 5) is 0. The van der Waals surface area contributed by atoms with Gasteiger partial charge in [0.15, 0.2) is 11.0 Å². The van der Waals surface area contributed by atoms with Gasteiger partial charge in [-0.3, -0.25) is 0 Å². The van der Waals surface area contributed by atoms with Crippen LogP contribution in [0.4, 0.5) is 5.82 Å². The Balaban J connectivity index is 2.27. The van der Waals surface area contributed by atoms with Crippen LogP contribution < -0.4 is 5.32 Å². The second-order valence-corrected chi connectivity index (χ2v) is 5.21. The van der Waals surface area contributed by atoms with Crippen LogP contribution in [0.5, 0.6) is 0 Å². The number of aromatic nitrogens is 2. The molecule has 0 aromatic carbocycles. The summed E-state index contributed by atoms with van der Waals surface area (Å²) in [5.41, 5.74) is 0. The predicted molar refractivity (Wildman–Crippen MR) is 65.6 cm³/mol. The van der Waals surface area contributed by atoms with Gasteiger partial charge in [-0.2, -0.15) is 20.5 Å². The lowest BCUT2D eigenvalue weighted by Gasteiger charge is -2.12. The van der Waals surface area contributed by atoms with Gasteiger partial charge in [-0.1, -0.05) is 18.5 Å². The van der Waals surface area contributed by atoms with Gasteiger partial charge in [-0.15, -0.1) is 0 Å². The maximum Gasteiger partial charge on any atom is 0.186 e. The van der Waals surface area contributed by atoms with Gasteiger partial charge in [-0.05, 0) is 24.9 Å². The number of anilines is 1. The zero-order valence-corrected chi connectivity index (χ0v) is 10.7. The monoisotopic (exact) mass is 251 g/mol. The number of hydrogen-bond acceptors (Lipinski definition) is 5. The van der Waals surface area contributed by atoms with E-state index < -0.39 is 0 Å². The van der Waals surface area contributed by atoms with Crippen LogP contribution in [0.1, 0.15) is 20.3 Å². The van der Waals surface area contributed by atoms with Crippen LogP contribution in [0.2, 0.25) is 5.15 Å². The van der Waals surface area contributed by atoms with Gasteiger partial charge in [0.05, 0.1) is 11.7 Å². The van der Waals surface area contributed by atoms with Gasteiger partial charge in [0, 0.05) is 6.04 Å². The summed E-state index contributed by atoms with van der Waals surface area (Å²) in [5, 5.41) is 3.72. The smallest absolute Gasteiger partial charge is 0.186 e. The molecule has 0 aliphatic carbocycles. The van der Waals surface area contributed by atoms with Crippen molar-refractivity contribution in [3.63, 3.8) is 0 Å². The molecule has 0 saturated heterocycles. The lowest BCUT2D eigenvalue weighted by molar-refractivity contribution is 0.768. The topological polar surface area (TPSA) is 37.8 Å². The normalized spacial score (nSPS) is 12.8. The highest BCUT2D eigenvalue weighted by Crippen LogP contribution is 2.19. The molecule has 0 fully saturated rings. The summed E-state index contributed by atoms with van der Waals surface area (Å²) in [6.07, 6.45) is 1.12. The first kappa shape index (κ1) is 12.1. The van der Waals surface area contributed by atoms with Crippen molar-refractivity contribution in [2.45, 2.75) is 26.3 Å². The van der Waals surface area contributed by atoms with E-state index in [4.69, 9.17) is 11.6 Å². The third-order valence-electron chi connectivity index (χ3n) is 1.73. The Morgan fingerprint density at radius 2 is 2.36 bits per heavy atom. The van der Waals surface area contributed by atoms with Crippen molar-refractivity contribution in [3.8, 4) is 0 Å². The Kier molecular flexibility index (Phi) is 5.59. The molecule has 1 atom stereocenters. The minimum atomic E-state index is 0.399. The van der Waals surface area contributed by atoms with Gasteiger partial charge >= 0.3 is 0 Å². The number of nitrogens with one attached hydrogen (secondary N) is 1. The van der Waals surface area contributed by atoms with E-state index in [1.165, 1.54) is 11.5 Å². The summed E-state index contributed by atoms with van der Waals surface area (Å²) in [6, 6.07) is 0.399. The Hall–Kier alpha value is -0.0000000000000000555. The standard InChI is InChI=1S/C8H14ClN3S2/c1-3-13-5-4-6(2)10-8-7(9)11-14-12-8/h6H,3-5H2,1-2H3,(H,10,12). The SMILES string of the molecule is CCSCCC(C)Nc1nsnc1Cl. The number of rotatable bonds is 6. The molecular weight excluding hydrogens is 238 g/mol. The maximum absolute atomic E-state index is 5.81. The summed E-state index contributed by atoms with van der Waals surface area (Å²) in [6.45, 7) is 4.30. The van der Waals surface area contributed by atoms with Crippen molar-refractivity contribution in [1.29, 1.82) is 0 Å². The van der Waals surface area contributed by atoms with Crippen LogP contribution in [-0.2, 0) is 0 Å². The summed E-state index contributed by atoms with van der Waals surface area (Å²) in [5.74, 6) is 3.05. The molecule has 1 aromatic rings. The average molecular weight is 252 g/mol. The van der Waals surface area contributed by atoms with Crippen molar-refractivity contribution >= 4 is 40.9 Å². The van der Waals surface area contributed by atoms with E-state index in [9.17, 15) is 0 Å². The second kappa shape index (κ2) is 6.48. The third-order valence-corrected chi connectivity index (χ3v) is 3.56. The largest absolute Gasteiger partial charge is 0.364 e. The highest BCUT2D eigenvalue weighted by Gasteiger charge is 2.08. The zero-order valence-electron chi connectivity index (χ0n) is 8.29. The van der Waals surface area contributed by atoms with Gasteiger partial charge in [-0.25, -0.2) is 0 Å². The number of halogens is 1. The Morgan fingerprint density at radius 1 is 1.57 bits per heavy atom. The third kappa shape index (κ3) is 4.02. The van der Waals surface area contributed by atoms with Crippen LogP contribution in [0, 0.1) is 0 Å². The van der Waals surface area contributed by atoms with Crippen LogP contribution in [0.25, 0.3) is 0 Å².